The second kappa shape index (κ2) is 7.58. The number of ether oxygens (including phenoxy) is 1. The van der Waals surface area contributed by atoms with Gasteiger partial charge in [0.2, 0.25) is 5.91 Å². The van der Waals surface area contributed by atoms with Crippen molar-refractivity contribution in [2.24, 2.45) is 0 Å². The molecular formula is C19H19F3N2O4S. The Labute approximate surface area is 166 Å². The zero-order valence-corrected chi connectivity index (χ0v) is 16.5. The Hall–Kier alpha value is -2.75. The van der Waals surface area contributed by atoms with E-state index in [0.717, 1.165) is 17.7 Å². The highest BCUT2D eigenvalue weighted by atomic mass is 32.2. The summed E-state index contributed by atoms with van der Waals surface area (Å²) in [7, 11) is -3.96. The van der Waals surface area contributed by atoms with Gasteiger partial charge in [-0.05, 0) is 61.4 Å². The number of fused-ring (bicyclic) bond motifs is 1. The molecule has 10 heteroatoms. The summed E-state index contributed by atoms with van der Waals surface area (Å²) < 4.78 is 68.1. The molecule has 0 radical (unpaired) electrons. The smallest absolute Gasteiger partial charge is 0.406 e. The van der Waals surface area contributed by atoms with Gasteiger partial charge in [-0.3, -0.25) is 9.52 Å². The van der Waals surface area contributed by atoms with Crippen LogP contribution in [0.5, 0.6) is 5.75 Å². The molecule has 1 heterocycles. The number of sulfonamides is 1. The third kappa shape index (κ3) is 4.64. The number of hydrogen-bond donors (Lipinski definition) is 1. The number of nitrogens with zero attached hydrogens (tertiary/aromatic N) is 1. The molecule has 1 amide bonds. The van der Waals surface area contributed by atoms with E-state index in [1.807, 2.05) is 6.92 Å². The number of rotatable bonds is 5. The summed E-state index contributed by atoms with van der Waals surface area (Å²) in [4.78, 5) is 13.8. The molecule has 0 spiro atoms. The lowest BCUT2D eigenvalue weighted by molar-refractivity contribution is -0.274. The number of carbonyl (C=O) groups excluding carboxylic acids is 1. The van der Waals surface area contributed by atoms with E-state index in [0.29, 0.717) is 18.5 Å². The van der Waals surface area contributed by atoms with Crippen LogP contribution in [-0.4, -0.2) is 26.7 Å². The Kier molecular flexibility index (Phi) is 5.48. The topological polar surface area (TPSA) is 75.7 Å². The Bertz CT molecular complexity index is 1020. The van der Waals surface area contributed by atoms with E-state index < -0.39 is 22.1 Å². The summed E-state index contributed by atoms with van der Waals surface area (Å²) >= 11 is 0. The minimum atomic E-state index is -4.82. The molecule has 1 N–H and O–H groups in total. The number of carbonyl (C=O) groups is 1. The van der Waals surface area contributed by atoms with Gasteiger partial charge in [0.15, 0.2) is 0 Å². The molecular weight excluding hydrogens is 409 g/mol. The fraction of sp³-hybridized carbons (Fsp3) is 0.316. The van der Waals surface area contributed by atoms with E-state index >= 15 is 0 Å². The molecule has 0 saturated carbocycles. The van der Waals surface area contributed by atoms with E-state index in [4.69, 9.17) is 0 Å². The number of alkyl halides is 3. The van der Waals surface area contributed by atoms with Gasteiger partial charge in [-0.25, -0.2) is 8.42 Å². The van der Waals surface area contributed by atoms with Crippen LogP contribution < -0.4 is 14.4 Å². The first-order chi connectivity index (χ1) is 13.5. The Morgan fingerprint density at radius 3 is 2.45 bits per heavy atom. The maximum Gasteiger partial charge on any atom is 0.573 e. The van der Waals surface area contributed by atoms with Crippen molar-refractivity contribution in [2.45, 2.75) is 44.0 Å². The average molecular weight is 428 g/mol. The molecule has 1 atom stereocenters. The van der Waals surface area contributed by atoms with E-state index in [1.54, 1.807) is 17.9 Å². The normalized spacial score (nSPS) is 16.4. The fourth-order valence-corrected chi connectivity index (χ4v) is 4.37. The van der Waals surface area contributed by atoms with Crippen molar-refractivity contribution in [1.29, 1.82) is 0 Å². The molecule has 1 aliphatic heterocycles. The van der Waals surface area contributed by atoms with Gasteiger partial charge in [0, 0.05) is 23.8 Å². The van der Waals surface area contributed by atoms with Crippen molar-refractivity contribution >= 4 is 27.3 Å². The van der Waals surface area contributed by atoms with Crippen molar-refractivity contribution in [1.82, 2.24) is 0 Å². The molecule has 0 fully saturated rings. The summed E-state index contributed by atoms with van der Waals surface area (Å²) in [5, 5.41) is 0. The molecule has 2 aromatic rings. The van der Waals surface area contributed by atoms with Crippen molar-refractivity contribution < 1.29 is 31.1 Å². The van der Waals surface area contributed by atoms with Gasteiger partial charge in [0.25, 0.3) is 10.0 Å². The molecule has 6 nitrogen and oxygen atoms in total. The number of halogens is 3. The summed E-state index contributed by atoms with van der Waals surface area (Å²) in [6.07, 6.45) is -3.94. The van der Waals surface area contributed by atoms with Crippen molar-refractivity contribution in [3.63, 3.8) is 0 Å². The summed E-state index contributed by atoms with van der Waals surface area (Å²) in [6, 6.07) is 8.83. The molecule has 3 rings (SSSR count). The van der Waals surface area contributed by atoms with Crippen LogP contribution in [-0.2, 0) is 21.2 Å². The third-order valence-corrected chi connectivity index (χ3v) is 5.87. The second-order valence-corrected chi connectivity index (χ2v) is 8.32. The van der Waals surface area contributed by atoms with E-state index in [1.165, 1.54) is 24.3 Å². The monoisotopic (exact) mass is 428 g/mol. The largest absolute Gasteiger partial charge is 0.573 e. The maximum atomic E-state index is 12.7. The Balaban J connectivity index is 1.80. The number of hydrogen-bond acceptors (Lipinski definition) is 4. The van der Waals surface area contributed by atoms with Gasteiger partial charge in [-0.15, -0.1) is 13.2 Å². The first-order valence-electron chi connectivity index (χ1n) is 8.84. The number of nitrogens with one attached hydrogen (secondary N) is 1. The molecule has 0 aromatic heterocycles. The highest BCUT2D eigenvalue weighted by Crippen LogP contribution is 2.34. The van der Waals surface area contributed by atoms with E-state index in [9.17, 15) is 26.4 Å². The van der Waals surface area contributed by atoms with Crippen LogP contribution in [0, 0.1) is 0 Å². The van der Waals surface area contributed by atoms with E-state index in [-0.39, 0.29) is 22.5 Å². The summed E-state index contributed by atoms with van der Waals surface area (Å²) in [5.74, 6) is -0.487. The summed E-state index contributed by atoms with van der Waals surface area (Å²) in [5.41, 5.74) is 1.53. The Morgan fingerprint density at radius 2 is 1.86 bits per heavy atom. The molecule has 0 bridgehead atoms. The zero-order valence-electron chi connectivity index (χ0n) is 15.7. The predicted molar refractivity (Wildman–Crippen MR) is 101 cm³/mol. The van der Waals surface area contributed by atoms with Crippen LogP contribution in [0.2, 0.25) is 0 Å². The SMILES string of the molecule is CCC(=O)N1c2ccc(S(=O)(=O)Nc3ccc(OC(F)(F)F)cc3)cc2C[C@@H]1C. The van der Waals surface area contributed by atoms with Gasteiger partial charge in [-0.2, -0.15) is 0 Å². The fourth-order valence-electron chi connectivity index (χ4n) is 3.26. The van der Waals surface area contributed by atoms with Crippen LogP contribution in [0.4, 0.5) is 24.5 Å². The first-order valence-corrected chi connectivity index (χ1v) is 10.3. The zero-order chi connectivity index (χ0) is 21.4. The highest BCUT2D eigenvalue weighted by Gasteiger charge is 2.32. The molecule has 0 saturated heterocycles. The predicted octanol–water partition coefficient (Wildman–Crippen LogP) is 4.07. The highest BCUT2D eigenvalue weighted by molar-refractivity contribution is 7.92. The van der Waals surface area contributed by atoms with Gasteiger partial charge in [0.05, 0.1) is 4.90 Å². The van der Waals surface area contributed by atoms with Crippen molar-refractivity contribution in [2.75, 3.05) is 9.62 Å². The second-order valence-electron chi connectivity index (χ2n) is 6.64. The quantitative estimate of drug-likeness (QED) is 0.779. The van der Waals surface area contributed by atoms with Gasteiger partial charge >= 0.3 is 6.36 Å². The average Bonchev–Trinajstić information content (AvgIpc) is 2.96. The maximum absolute atomic E-state index is 12.7. The standard InChI is InChI=1S/C19H19F3N2O4S/c1-3-18(25)24-12(2)10-13-11-16(8-9-17(13)24)29(26,27)23-14-4-6-15(7-5-14)28-19(20,21)22/h4-9,11-12,23H,3,10H2,1-2H3/t12-/m0/s1. The molecule has 0 unspecified atom stereocenters. The minimum absolute atomic E-state index is 0.00451. The van der Waals surface area contributed by atoms with Crippen LogP contribution in [0.25, 0.3) is 0 Å². The molecule has 29 heavy (non-hydrogen) atoms. The lowest BCUT2D eigenvalue weighted by Gasteiger charge is -2.22. The van der Waals surface area contributed by atoms with Crippen LogP contribution >= 0.6 is 0 Å². The first kappa shape index (κ1) is 21.0. The summed E-state index contributed by atoms with van der Waals surface area (Å²) in [6.45, 7) is 3.66. The lowest BCUT2D eigenvalue weighted by Crippen LogP contribution is -2.35. The van der Waals surface area contributed by atoms with Gasteiger partial charge in [0.1, 0.15) is 5.75 Å². The third-order valence-electron chi connectivity index (χ3n) is 4.49. The van der Waals surface area contributed by atoms with Crippen LogP contribution in [0.15, 0.2) is 47.4 Å². The number of benzene rings is 2. The number of anilines is 2. The van der Waals surface area contributed by atoms with Gasteiger partial charge in [-0.1, -0.05) is 6.92 Å². The van der Waals surface area contributed by atoms with Crippen LogP contribution in [0.1, 0.15) is 25.8 Å². The number of amides is 1. The molecule has 1 aliphatic rings. The molecule has 156 valence electrons. The van der Waals surface area contributed by atoms with E-state index in [2.05, 4.69) is 9.46 Å². The van der Waals surface area contributed by atoms with Crippen molar-refractivity contribution in [3.05, 3.63) is 48.0 Å². The Morgan fingerprint density at radius 1 is 1.21 bits per heavy atom. The molecule has 2 aromatic carbocycles. The minimum Gasteiger partial charge on any atom is -0.406 e. The van der Waals surface area contributed by atoms with Crippen LogP contribution in [0.3, 0.4) is 0 Å². The molecule has 0 aliphatic carbocycles. The van der Waals surface area contributed by atoms with Gasteiger partial charge < -0.3 is 9.64 Å². The lowest BCUT2D eigenvalue weighted by atomic mass is 10.1. The van der Waals surface area contributed by atoms with Crippen molar-refractivity contribution in [3.8, 4) is 5.75 Å².